The van der Waals surface area contributed by atoms with Gasteiger partial charge in [-0.1, -0.05) is 12.1 Å². The third-order valence-corrected chi connectivity index (χ3v) is 3.92. The molecule has 0 bridgehead atoms. The maximum atomic E-state index is 11.6. The molecule has 3 N–H and O–H groups in total. The van der Waals surface area contributed by atoms with Gasteiger partial charge in [0.2, 0.25) is 15.9 Å². The highest BCUT2D eigenvalue weighted by atomic mass is 32.2. The van der Waals surface area contributed by atoms with Crippen molar-refractivity contribution in [2.45, 2.75) is 30.6 Å². The first-order valence-electron chi connectivity index (χ1n) is 6.81. The summed E-state index contributed by atoms with van der Waals surface area (Å²) in [5, 5.41) is 7.85. The van der Waals surface area contributed by atoms with E-state index in [0.717, 1.165) is 18.4 Å². The standard InChI is InChI=1S/C14H22N2O4S/c1-20-11-3-2-10-16-14(17)9-6-12-4-7-13(8-5-12)21(15,18)19/h4-5,7-8H,2-3,6,9-11H2,1H3,(H,16,17)(H2,15,18,19). The van der Waals surface area contributed by atoms with Gasteiger partial charge in [-0.05, 0) is 37.0 Å². The molecule has 0 fully saturated rings. The molecule has 0 radical (unpaired) electrons. The third kappa shape index (κ3) is 7.22. The van der Waals surface area contributed by atoms with Gasteiger partial charge in [-0.15, -0.1) is 0 Å². The summed E-state index contributed by atoms with van der Waals surface area (Å²) in [5.74, 6) is -0.0112. The number of ether oxygens (including phenoxy) is 1. The van der Waals surface area contributed by atoms with Gasteiger partial charge >= 0.3 is 0 Å². The second-order valence-electron chi connectivity index (χ2n) is 4.74. The van der Waals surface area contributed by atoms with Gasteiger partial charge in [0, 0.05) is 26.7 Å². The Balaban J connectivity index is 2.30. The molecule has 1 aromatic carbocycles. The summed E-state index contributed by atoms with van der Waals surface area (Å²) < 4.78 is 27.1. The molecule has 1 aromatic rings. The number of benzene rings is 1. The molecular weight excluding hydrogens is 292 g/mol. The van der Waals surface area contributed by atoms with Crippen LogP contribution >= 0.6 is 0 Å². The topological polar surface area (TPSA) is 98.5 Å². The minimum atomic E-state index is -3.66. The molecule has 21 heavy (non-hydrogen) atoms. The first kappa shape index (κ1) is 17.6. The SMILES string of the molecule is COCCCCNC(=O)CCc1ccc(S(N)(=O)=O)cc1. The Bertz CT molecular complexity index is 541. The molecule has 0 unspecified atom stereocenters. The van der Waals surface area contributed by atoms with Gasteiger partial charge < -0.3 is 10.1 Å². The van der Waals surface area contributed by atoms with Crippen molar-refractivity contribution in [3.8, 4) is 0 Å². The number of unbranched alkanes of at least 4 members (excludes halogenated alkanes) is 1. The van der Waals surface area contributed by atoms with E-state index in [4.69, 9.17) is 9.88 Å². The number of aryl methyl sites for hydroxylation is 1. The Morgan fingerprint density at radius 2 is 1.90 bits per heavy atom. The van der Waals surface area contributed by atoms with E-state index >= 15 is 0 Å². The van der Waals surface area contributed by atoms with Gasteiger partial charge in [-0.3, -0.25) is 4.79 Å². The average molecular weight is 314 g/mol. The van der Waals surface area contributed by atoms with Crippen molar-refractivity contribution in [2.24, 2.45) is 5.14 Å². The second kappa shape index (κ2) is 8.76. The van der Waals surface area contributed by atoms with E-state index in [0.29, 0.717) is 26.0 Å². The monoisotopic (exact) mass is 314 g/mol. The molecule has 0 heterocycles. The summed E-state index contributed by atoms with van der Waals surface area (Å²) in [7, 11) is -2.01. The lowest BCUT2D eigenvalue weighted by Crippen LogP contribution is -2.24. The highest BCUT2D eigenvalue weighted by Gasteiger charge is 2.07. The fourth-order valence-electron chi connectivity index (χ4n) is 1.79. The van der Waals surface area contributed by atoms with Gasteiger partial charge in [-0.25, -0.2) is 13.6 Å². The summed E-state index contributed by atoms with van der Waals surface area (Å²) in [6.07, 6.45) is 2.75. The van der Waals surface area contributed by atoms with Crippen molar-refractivity contribution in [3.63, 3.8) is 0 Å². The normalized spacial score (nSPS) is 11.3. The highest BCUT2D eigenvalue weighted by molar-refractivity contribution is 7.89. The maximum Gasteiger partial charge on any atom is 0.238 e. The van der Waals surface area contributed by atoms with Crippen molar-refractivity contribution in [3.05, 3.63) is 29.8 Å². The third-order valence-electron chi connectivity index (χ3n) is 2.99. The molecular formula is C14H22N2O4S. The van der Waals surface area contributed by atoms with Crippen LogP contribution in [0.3, 0.4) is 0 Å². The minimum absolute atomic E-state index is 0.0112. The number of hydrogen-bond donors (Lipinski definition) is 2. The molecule has 1 rings (SSSR count). The highest BCUT2D eigenvalue weighted by Crippen LogP contribution is 2.10. The Morgan fingerprint density at radius 3 is 2.48 bits per heavy atom. The lowest BCUT2D eigenvalue weighted by atomic mass is 10.1. The quantitative estimate of drug-likeness (QED) is 0.659. The number of amides is 1. The first-order chi connectivity index (χ1) is 9.93. The van der Waals surface area contributed by atoms with Crippen molar-refractivity contribution in [1.82, 2.24) is 5.32 Å². The number of nitrogens with one attached hydrogen (secondary N) is 1. The largest absolute Gasteiger partial charge is 0.385 e. The summed E-state index contributed by atoms with van der Waals surface area (Å²) in [6.45, 7) is 1.35. The molecule has 6 nitrogen and oxygen atoms in total. The van der Waals surface area contributed by atoms with Gasteiger partial charge in [0.1, 0.15) is 0 Å². The zero-order valence-electron chi connectivity index (χ0n) is 12.2. The Labute approximate surface area is 125 Å². The second-order valence-corrected chi connectivity index (χ2v) is 6.30. The minimum Gasteiger partial charge on any atom is -0.385 e. The number of carbonyl (C=O) groups excluding carboxylic acids is 1. The van der Waals surface area contributed by atoms with Crippen LogP contribution in [0.1, 0.15) is 24.8 Å². The predicted molar refractivity (Wildman–Crippen MR) is 80.3 cm³/mol. The Hall–Kier alpha value is -1.44. The summed E-state index contributed by atoms with van der Waals surface area (Å²) in [6, 6.07) is 6.25. The fraction of sp³-hybridized carbons (Fsp3) is 0.500. The van der Waals surface area contributed by atoms with E-state index in [1.54, 1.807) is 19.2 Å². The summed E-state index contributed by atoms with van der Waals surface area (Å²) in [4.78, 5) is 11.7. The predicted octanol–water partition coefficient (Wildman–Crippen LogP) is 0.809. The molecule has 0 aliphatic rings. The van der Waals surface area contributed by atoms with Crippen LogP contribution in [-0.4, -0.2) is 34.6 Å². The van der Waals surface area contributed by atoms with Crippen LogP contribution in [0.25, 0.3) is 0 Å². The van der Waals surface area contributed by atoms with Gasteiger partial charge in [-0.2, -0.15) is 0 Å². The van der Waals surface area contributed by atoms with E-state index in [1.807, 2.05) is 0 Å². The number of rotatable bonds is 9. The van der Waals surface area contributed by atoms with E-state index in [-0.39, 0.29) is 10.8 Å². The maximum absolute atomic E-state index is 11.6. The number of hydrogen-bond acceptors (Lipinski definition) is 4. The lowest BCUT2D eigenvalue weighted by molar-refractivity contribution is -0.121. The molecule has 0 saturated heterocycles. The fourth-order valence-corrected chi connectivity index (χ4v) is 2.31. The van der Waals surface area contributed by atoms with Crippen LogP contribution in [0.15, 0.2) is 29.2 Å². The van der Waals surface area contributed by atoms with Crippen LogP contribution < -0.4 is 10.5 Å². The molecule has 0 saturated carbocycles. The van der Waals surface area contributed by atoms with Gasteiger partial charge in [0.05, 0.1) is 4.90 Å². The summed E-state index contributed by atoms with van der Waals surface area (Å²) >= 11 is 0. The van der Waals surface area contributed by atoms with Crippen LogP contribution in [-0.2, 0) is 26.0 Å². The molecule has 0 aliphatic heterocycles. The van der Waals surface area contributed by atoms with E-state index in [2.05, 4.69) is 5.32 Å². The van der Waals surface area contributed by atoms with Crippen molar-refractivity contribution >= 4 is 15.9 Å². The van der Waals surface area contributed by atoms with Crippen LogP contribution in [0.4, 0.5) is 0 Å². The van der Waals surface area contributed by atoms with Crippen molar-refractivity contribution < 1.29 is 17.9 Å². The van der Waals surface area contributed by atoms with E-state index in [1.165, 1.54) is 12.1 Å². The van der Waals surface area contributed by atoms with Gasteiger partial charge in [0.15, 0.2) is 0 Å². The molecule has 0 aliphatic carbocycles. The van der Waals surface area contributed by atoms with Gasteiger partial charge in [0.25, 0.3) is 0 Å². The number of carbonyl (C=O) groups is 1. The molecule has 118 valence electrons. The molecule has 0 aromatic heterocycles. The Morgan fingerprint density at radius 1 is 1.24 bits per heavy atom. The lowest BCUT2D eigenvalue weighted by Gasteiger charge is -2.06. The smallest absolute Gasteiger partial charge is 0.238 e. The first-order valence-corrected chi connectivity index (χ1v) is 8.35. The molecule has 0 spiro atoms. The zero-order valence-corrected chi connectivity index (χ0v) is 13.0. The van der Waals surface area contributed by atoms with Crippen LogP contribution in [0, 0.1) is 0 Å². The number of nitrogens with two attached hydrogens (primary N) is 1. The number of primary sulfonamides is 1. The number of sulfonamides is 1. The molecule has 7 heteroatoms. The number of methoxy groups -OCH3 is 1. The van der Waals surface area contributed by atoms with Crippen molar-refractivity contribution in [1.29, 1.82) is 0 Å². The van der Waals surface area contributed by atoms with E-state index in [9.17, 15) is 13.2 Å². The zero-order chi connectivity index (χ0) is 15.7. The van der Waals surface area contributed by atoms with E-state index < -0.39 is 10.0 Å². The Kier molecular flexibility index (Phi) is 7.35. The van der Waals surface area contributed by atoms with Crippen LogP contribution in [0.5, 0.6) is 0 Å². The van der Waals surface area contributed by atoms with Crippen LogP contribution in [0.2, 0.25) is 0 Å². The molecule has 0 atom stereocenters. The summed E-state index contributed by atoms with van der Waals surface area (Å²) in [5.41, 5.74) is 0.900. The average Bonchev–Trinajstić information content (AvgIpc) is 2.44. The van der Waals surface area contributed by atoms with Crippen molar-refractivity contribution in [2.75, 3.05) is 20.3 Å². The molecule has 1 amide bonds.